The van der Waals surface area contributed by atoms with Crippen LogP contribution in [0, 0.1) is 35.5 Å². The van der Waals surface area contributed by atoms with Gasteiger partial charge < -0.3 is 4.90 Å². The molecule has 7 rings (SSSR count). The van der Waals surface area contributed by atoms with E-state index in [0.29, 0.717) is 35.4 Å². The smallest absolute Gasteiger partial charge is 0.233 e. The van der Waals surface area contributed by atoms with Crippen LogP contribution in [-0.2, 0) is 9.59 Å². The fourth-order valence-corrected chi connectivity index (χ4v) is 7.16. The van der Waals surface area contributed by atoms with E-state index in [9.17, 15) is 9.59 Å². The summed E-state index contributed by atoms with van der Waals surface area (Å²) in [5.74, 6) is 2.77. The van der Waals surface area contributed by atoms with Gasteiger partial charge in [0.1, 0.15) is 0 Å². The van der Waals surface area contributed by atoms with Crippen molar-refractivity contribution in [3.8, 4) is 0 Å². The number of piperazine rings is 1. The maximum absolute atomic E-state index is 13.1. The number of unbranched alkanes of at least 4 members (excludes halogenated alkanes) is 1. The quantitative estimate of drug-likeness (QED) is 0.373. The van der Waals surface area contributed by atoms with E-state index in [1.54, 1.807) is 17.3 Å². The van der Waals surface area contributed by atoms with E-state index in [4.69, 9.17) is 11.6 Å². The average molecular weight is 456 g/mol. The molecule has 0 spiro atoms. The third-order valence-electron chi connectivity index (χ3n) is 8.66. The van der Waals surface area contributed by atoms with Crippen molar-refractivity contribution in [2.45, 2.75) is 25.7 Å². The minimum Gasteiger partial charge on any atom is -0.351 e. The zero-order valence-electron chi connectivity index (χ0n) is 18.3. The first-order chi connectivity index (χ1) is 15.6. The Hall–Kier alpha value is -1.99. The lowest BCUT2D eigenvalue weighted by atomic mass is 9.47. The number of rotatable bonds is 6. The van der Waals surface area contributed by atoms with Crippen molar-refractivity contribution >= 4 is 29.2 Å². The average Bonchev–Trinajstić information content (AvgIpc) is 3.03. The number of nitrogens with zero attached hydrogens (tertiary/aromatic N) is 5. The van der Waals surface area contributed by atoms with Gasteiger partial charge in [0.2, 0.25) is 11.8 Å². The molecule has 2 amide bonds. The predicted octanol–water partition coefficient (Wildman–Crippen LogP) is 2.48. The molecular weight excluding hydrogens is 426 g/mol. The summed E-state index contributed by atoms with van der Waals surface area (Å²) in [5, 5.41) is 0.457. The van der Waals surface area contributed by atoms with Gasteiger partial charge in [0, 0.05) is 45.1 Å². The summed E-state index contributed by atoms with van der Waals surface area (Å²) in [4.78, 5) is 41.0. The maximum atomic E-state index is 13.1. The lowest BCUT2D eigenvalue weighted by molar-refractivity contribution is -0.140. The third-order valence-corrected chi connectivity index (χ3v) is 8.93. The minimum atomic E-state index is -0.0694. The zero-order valence-corrected chi connectivity index (χ0v) is 19.0. The highest BCUT2D eigenvalue weighted by Crippen LogP contribution is 2.61. The van der Waals surface area contributed by atoms with Crippen LogP contribution in [0.15, 0.2) is 24.5 Å². The summed E-state index contributed by atoms with van der Waals surface area (Å²) in [6.07, 6.45) is 12.1. The molecule has 4 fully saturated rings. The van der Waals surface area contributed by atoms with Gasteiger partial charge in [-0.15, -0.1) is 0 Å². The Morgan fingerprint density at radius 3 is 2.03 bits per heavy atom. The second-order valence-electron chi connectivity index (χ2n) is 10.0. The van der Waals surface area contributed by atoms with Gasteiger partial charge >= 0.3 is 0 Å². The van der Waals surface area contributed by atoms with Crippen molar-refractivity contribution < 1.29 is 9.59 Å². The first-order valence-electron chi connectivity index (χ1n) is 12.1. The maximum Gasteiger partial charge on any atom is 0.233 e. The molecule has 4 aliphatic carbocycles. The van der Waals surface area contributed by atoms with Gasteiger partial charge in [-0.25, -0.2) is 9.97 Å². The van der Waals surface area contributed by atoms with E-state index in [1.807, 2.05) is 0 Å². The highest BCUT2D eigenvalue weighted by molar-refractivity contribution is 6.31. The number of halogens is 1. The summed E-state index contributed by atoms with van der Waals surface area (Å²) in [7, 11) is 0. The van der Waals surface area contributed by atoms with Crippen LogP contribution in [0.3, 0.4) is 0 Å². The van der Waals surface area contributed by atoms with Crippen LogP contribution in [0.4, 0.5) is 5.82 Å². The lowest BCUT2D eigenvalue weighted by Crippen LogP contribution is -2.53. The highest BCUT2D eigenvalue weighted by atomic mass is 35.5. The molecule has 0 radical (unpaired) electrons. The number of imide groups is 1. The van der Waals surface area contributed by atoms with Gasteiger partial charge in [0.05, 0.1) is 11.8 Å². The fraction of sp³-hybridized carbons (Fsp3) is 0.667. The Balaban J connectivity index is 0.983. The summed E-state index contributed by atoms with van der Waals surface area (Å²) in [5.41, 5.74) is 0. The SMILES string of the molecule is O=C1C2C3C=CC(C4CCC34)C2C(=O)N1CCCCN1CCN(c2nccnc2Cl)CC1. The van der Waals surface area contributed by atoms with Crippen LogP contribution >= 0.6 is 11.6 Å². The van der Waals surface area contributed by atoms with Crippen LogP contribution < -0.4 is 4.90 Å². The number of allylic oxidation sites excluding steroid dienone is 2. The molecule has 0 aromatic carbocycles. The molecule has 2 aliphatic heterocycles. The molecular formula is C24H30ClN5O2. The number of hydrogen-bond acceptors (Lipinski definition) is 6. The zero-order chi connectivity index (χ0) is 21.8. The Kier molecular flexibility index (Phi) is 5.22. The van der Waals surface area contributed by atoms with E-state index in [0.717, 1.165) is 51.4 Å². The van der Waals surface area contributed by atoms with E-state index in [-0.39, 0.29) is 23.7 Å². The van der Waals surface area contributed by atoms with E-state index < -0.39 is 0 Å². The van der Waals surface area contributed by atoms with Gasteiger partial charge in [-0.2, -0.15) is 0 Å². The number of aromatic nitrogens is 2. The van der Waals surface area contributed by atoms with E-state index in [2.05, 4.69) is 31.9 Å². The largest absolute Gasteiger partial charge is 0.351 e. The van der Waals surface area contributed by atoms with Crippen LogP contribution in [0.2, 0.25) is 5.15 Å². The normalized spacial score (nSPS) is 35.8. The van der Waals surface area contributed by atoms with Crippen LogP contribution in [0.1, 0.15) is 25.7 Å². The summed E-state index contributed by atoms with van der Waals surface area (Å²) < 4.78 is 0. The molecule has 2 saturated heterocycles. The monoisotopic (exact) mass is 455 g/mol. The number of likely N-dealkylation sites (tertiary alicyclic amines) is 1. The number of anilines is 1. The first-order valence-corrected chi connectivity index (χ1v) is 12.5. The van der Waals surface area contributed by atoms with Gasteiger partial charge in [-0.3, -0.25) is 19.4 Å². The Bertz CT molecular complexity index is 908. The number of amides is 2. The Morgan fingerprint density at radius 2 is 1.44 bits per heavy atom. The van der Waals surface area contributed by atoms with Crippen molar-refractivity contribution in [2.75, 3.05) is 44.2 Å². The van der Waals surface area contributed by atoms with Gasteiger partial charge in [0.15, 0.2) is 11.0 Å². The summed E-state index contributed by atoms with van der Waals surface area (Å²) in [6, 6.07) is 0. The number of carbonyl (C=O) groups is 2. The van der Waals surface area contributed by atoms with Crippen molar-refractivity contribution in [1.82, 2.24) is 19.8 Å². The number of carbonyl (C=O) groups excluding carboxylic acids is 2. The molecule has 2 bridgehead atoms. The van der Waals surface area contributed by atoms with Gasteiger partial charge in [-0.05, 0) is 55.9 Å². The molecule has 6 atom stereocenters. The molecule has 1 aromatic rings. The predicted molar refractivity (Wildman–Crippen MR) is 121 cm³/mol. The molecule has 8 heteroatoms. The van der Waals surface area contributed by atoms with Crippen LogP contribution in [-0.4, -0.2) is 70.9 Å². The first kappa shape index (κ1) is 20.6. The summed E-state index contributed by atoms with van der Waals surface area (Å²) >= 11 is 6.18. The Labute approximate surface area is 193 Å². The molecule has 170 valence electrons. The van der Waals surface area contributed by atoms with Crippen molar-refractivity contribution in [3.63, 3.8) is 0 Å². The van der Waals surface area contributed by atoms with Gasteiger partial charge in [0.25, 0.3) is 0 Å². The van der Waals surface area contributed by atoms with E-state index >= 15 is 0 Å². The lowest BCUT2D eigenvalue weighted by Gasteiger charge is -2.55. The number of hydrogen-bond donors (Lipinski definition) is 0. The van der Waals surface area contributed by atoms with Crippen LogP contribution in [0.25, 0.3) is 0 Å². The second-order valence-corrected chi connectivity index (χ2v) is 10.4. The fourth-order valence-electron chi connectivity index (χ4n) is 6.94. The molecule has 3 heterocycles. The minimum absolute atomic E-state index is 0.0694. The molecule has 6 unspecified atom stereocenters. The molecule has 6 aliphatic rings. The topological polar surface area (TPSA) is 69.6 Å². The van der Waals surface area contributed by atoms with Crippen molar-refractivity contribution in [3.05, 3.63) is 29.7 Å². The molecule has 32 heavy (non-hydrogen) atoms. The van der Waals surface area contributed by atoms with Crippen molar-refractivity contribution in [2.24, 2.45) is 35.5 Å². The standard InChI is InChI=1S/C24H30ClN5O2/c25-21-22(27-8-7-26-21)29-13-11-28(12-14-29)9-1-2-10-30-23(31)19-17-5-6-18(20(19)24(30)32)16-4-3-15(16)17/h5-8,15-20H,1-4,9-14H2. The third kappa shape index (κ3) is 3.19. The Morgan fingerprint density at radius 1 is 0.844 bits per heavy atom. The van der Waals surface area contributed by atoms with Crippen LogP contribution in [0.5, 0.6) is 0 Å². The highest BCUT2D eigenvalue weighted by Gasteiger charge is 2.63. The second kappa shape index (κ2) is 8.10. The molecule has 1 aromatic heterocycles. The van der Waals surface area contributed by atoms with E-state index in [1.165, 1.54) is 12.8 Å². The molecule has 2 saturated carbocycles. The van der Waals surface area contributed by atoms with Crippen molar-refractivity contribution in [1.29, 1.82) is 0 Å². The molecule has 0 N–H and O–H groups in total. The summed E-state index contributed by atoms with van der Waals surface area (Å²) in [6.45, 7) is 5.23. The van der Waals surface area contributed by atoms with Gasteiger partial charge in [-0.1, -0.05) is 23.8 Å². The molecule has 7 nitrogen and oxygen atoms in total.